The Morgan fingerprint density at radius 3 is 2.85 bits per heavy atom. The molecule has 144 valence electrons. The summed E-state index contributed by atoms with van der Waals surface area (Å²) in [6.45, 7) is 7.45. The van der Waals surface area contributed by atoms with Crippen molar-refractivity contribution in [1.82, 2.24) is 16.0 Å². The van der Waals surface area contributed by atoms with Crippen molar-refractivity contribution in [3.63, 3.8) is 0 Å². The lowest BCUT2D eigenvalue weighted by Gasteiger charge is -2.22. The van der Waals surface area contributed by atoms with Crippen LogP contribution in [0.5, 0.6) is 5.75 Å². The smallest absolute Gasteiger partial charge is 0.241 e. The molecule has 1 fully saturated rings. The molecule has 1 aromatic carbocycles. The molecule has 1 heterocycles. The Kier molecular flexibility index (Phi) is 8.05. The number of guanidine groups is 1. The maximum atomic E-state index is 11.8. The molecule has 0 spiro atoms. The van der Waals surface area contributed by atoms with Gasteiger partial charge >= 0.3 is 0 Å². The lowest BCUT2D eigenvalue weighted by Crippen LogP contribution is -2.45. The first kappa shape index (κ1) is 19.9. The van der Waals surface area contributed by atoms with Gasteiger partial charge < -0.3 is 25.6 Å². The van der Waals surface area contributed by atoms with Crippen LogP contribution in [0.2, 0.25) is 0 Å². The van der Waals surface area contributed by atoms with Crippen molar-refractivity contribution in [1.29, 1.82) is 0 Å². The number of nitrogens with one attached hydrogen (secondary N) is 3. The second-order valence-corrected chi connectivity index (χ2v) is 6.29. The average molecular weight is 361 g/mol. The first-order chi connectivity index (χ1) is 12.7. The van der Waals surface area contributed by atoms with E-state index in [0.717, 1.165) is 43.9 Å². The molecule has 3 N–H and O–H groups in total. The van der Waals surface area contributed by atoms with Gasteiger partial charge in [0.15, 0.2) is 5.96 Å². The molecular formula is C19H31N5O2. The van der Waals surface area contributed by atoms with Crippen LogP contribution in [0, 0.1) is 0 Å². The number of ether oxygens (including phenoxy) is 1. The fraction of sp³-hybridized carbons (Fsp3) is 0.579. The SMILES string of the molecule is CCCNC(=O)CN=C(NCC)NC1CCN(c2ccccc2OC)C1. The minimum absolute atomic E-state index is 0.0499. The summed E-state index contributed by atoms with van der Waals surface area (Å²) in [4.78, 5) is 18.5. The summed E-state index contributed by atoms with van der Waals surface area (Å²) >= 11 is 0. The monoisotopic (exact) mass is 361 g/mol. The molecule has 1 unspecified atom stereocenters. The maximum absolute atomic E-state index is 11.8. The number of para-hydroxylation sites is 2. The normalized spacial score (nSPS) is 17.1. The topological polar surface area (TPSA) is 78.0 Å². The zero-order valence-electron chi connectivity index (χ0n) is 16.0. The molecule has 0 aliphatic carbocycles. The molecular weight excluding hydrogens is 330 g/mol. The number of aliphatic imine (C=N–C) groups is 1. The van der Waals surface area contributed by atoms with E-state index in [0.29, 0.717) is 12.5 Å². The number of carbonyl (C=O) groups is 1. The van der Waals surface area contributed by atoms with E-state index in [-0.39, 0.29) is 18.5 Å². The third kappa shape index (κ3) is 5.82. The predicted molar refractivity (Wildman–Crippen MR) is 106 cm³/mol. The summed E-state index contributed by atoms with van der Waals surface area (Å²) in [6, 6.07) is 8.35. The zero-order chi connectivity index (χ0) is 18.8. The highest BCUT2D eigenvalue weighted by Crippen LogP contribution is 2.30. The molecule has 1 aliphatic heterocycles. The summed E-state index contributed by atoms with van der Waals surface area (Å²) < 4.78 is 5.47. The molecule has 26 heavy (non-hydrogen) atoms. The maximum Gasteiger partial charge on any atom is 0.241 e. The molecule has 2 rings (SSSR count). The lowest BCUT2D eigenvalue weighted by molar-refractivity contribution is -0.119. The van der Waals surface area contributed by atoms with Crippen LogP contribution in [0.15, 0.2) is 29.3 Å². The molecule has 0 saturated carbocycles. The third-order valence-corrected chi connectivity index (χ3v) is 4.25. The van der Waals surface area contributed by atoms with E-state index in [2.05, 4.69) is 31.9 Å². The van der Waals surface area contributed by atoms with E-state index in [4.69, 9.17) is 4.74 Å². The summed E-state index contributed by atoms with van der Waals surface area (Å²) in [5, 5.41) is 9.50. The van der Waals surface area contributed by atoms with E-state index in [9.17, 15) is 4.79 Å². The van der Waals surface area contributed by atoms with E-state index < -0.39 is 0 Å². The van der Waals surface area contributed by atoms with Gasteiger partial charge in [0.1, 0.15) is 12.3 Å². The number of hydrogen-bond donors (Lipinski definition) is 3. The fourth-order valence-corrected chi connectivity index (χ4v) is 2.97. The molecule has 1 aromatic rings. The third-order valence-electron chi connectivity index (χ3n) is 4.25. The van der Waals surface area contributed by atoms with Gasteiger partial charge in [-0.3, -0.25) is 4.79 Å². The molecule has 1 saturated heterocycles. The van der Waals surface area contributed by atoms with Crippen LogP contribution in [-0.4, -0.2) is 57.7 Å². The fourth-order valence-electron chi connectivity index (χ4n) is 2.97. The van der Waals surface area contributed by atoms with Crippen molar-refractivity contribution < 1.29 is 9.53 Å². The van der Waals surface area contributed by atoms with Crippen molar-refractivity contribution in [3.05, 3.63) is 24.3 Å². The largest absolute Gasteiger partial charge is 0.495 e. The molecule has 7 heteroatoms. The Balaban J connectivity index is 1.92. The first-order valence-corrected chi connectivity index (χ1v) is 9.37. The number of rotatable bonds is 8. The molecule has 0 radical (unpaired) electrons. The lowest BCUT2D eigenvalue weighted by atomic mass is 10.2. The minimum atomic E-state index is -0.0499. The Labute approximate surface area is 156 Å². The van der Waals surface area contributed by atoms with E-state index in [1.165, 1.54) is 0 Å². The second kappa shape index (κ2) is 10.5. The van der Waals surface area contributed by atoms with Gasteiger partial charge in [-0.15, -0.1) is 0 Å². The van der Waals surface area contributed by atoms with Gasteiger partial charge in [-0.1, -0.05) is 19.1 Å². The van der Waals surface area contributed by atoms with Crippen molar-refractivity contribution in [2.24, 2.45) is 4.99 Å². The quantitative estimate of drug-likeness (QED) is 0.481. The highest BCUT2D eigenvalue weighted by Gasteiger charge is 2.25. The second-order valence-electron chi connectivity index (χ2n) is 6.29. The Hall–Kier alpha value is -2.44. The molecule has 0 aromatic heterocycles. The molecule has 1 amide bonds. The summed E-state index contributed by atoms with van der Waals surface area (Å²) in [6.07, 6.45) is 1.93. The Morgan fingerprint density at radius 1 is 1.31 bits per heavy atom. The van der Waals surface area contributed by atoms with Gasteiger partial charge in [0, 0.05) is 32.2 Å². The van der Waals surface area contributed by atoms with Crippen LogP contribution >= 0.6 is 0 Å². The molecule has 7 nitrogen and oxygen atoms in total. The van der Waals surface area contributed by atoms with Gasteiger partial charge in [-0.2, -0.15) is 0 Å². The number of hydrogen-bond acceptors (Lipinski definition) is 4. The van der Waals surface area contributed by atoms with Gasteiger partial charge in [-0.25, -0.2) is 4.99 Å². The number of amides is 1. The standard InChI is InChI=1S/C19H31N5O2/c1-4-11-21-18(25)13-22-19(20-5-2)23-15-10-12-24(14-15)16-8-6-7-9-17(16)26-3/h6-9,15H,4-5,10-14H2,1-3H3,(H,21,25)(H2,20,22,23). The summed E-state index contributed by atoms with van der Waals surface area (Å²) in [5.41, 5.74) is 1.11. The van der Waals surface area contributed by atoms with Gasteiger partial charge in [0.05, 0.1) is 12.8 Å². The van der Waals surface area contributed by atoms with Crippen molar-refractivity contribution in [3.8, 4) is 5.75 Å². The number of methoxy groups -OCH3 is 1. The van der Waals surface area contributed by atoms with Crippen LogP contribution in [0.1, 0.15) is 26.7 Å². The molecule has 1 aliphatic rings. The van der Waals surface area contributed by atoms with E-state index in [1.54, 1.807) is 7.11 Å². The van der Waals surface area contributed by atoms with Crippen LogP contribution in [0.25, 0.3) is 0 Å². The van der Waals surface area contributed by atoms with Crippen LogP contribution < -0.4 is 25.6 Å². The molecule has 0 bridgehead atoms. The Bertz CT molecular complexity index is 605. The van der Waals surface area contributed by atoms with Crippen molar-refractivity contribution in [2.75, 3.05) is 44.7 Å². The predicted octanol–water partition coefficient (Wildman–Crippen LogP) is 1.36. The van der Waals surface area contributed by atoms with Gasteiger partial charge in [0.2, 0.25) is 5.91 Å². The highest BCUT2D eigenvalue weighted by molar-refractivity contribution is 5.85. The van der Waals surface area contributed by atoms with Gasteiger partial charge in [0.25, 0.3) is 0 Å². The number of nitrogens with zero attached hydrogens (tertiary/aromatic N) is 2. The van der Waals surface area contributed by atoms with Crippen molar-refractivity contribution >= 4 is 17.6 Å². The summed E-state index contributed by atoms with van der Waals surface area (Å²) in [7, 11) is 1.70. The van der Waals surface area contributed by atoms with E-state index in [1.807, 2.05) is 32.0 Å². The highest BCUT2D eigenvalue weighted by atomic mass is 16.5. The number of carbonyl (C=O) groups excluding carboxylic acids is 1. The van der Waals surface area contributed by atoms with Crippen molar-refractivity contribution in [2.45, 2.75) is 32.7 Å². The minimum Gasteiger partial charge on any atom is -0.495 e. The zero-order valence-corrected chi connectivity index (χ0v) is 16.0. The summed E-state index contributed by atoms with van der Waals surface area (Å²) in [5.74, 6) is 1.53. The Morgan fingerprint density at radius 2 is 2.12 bits per heavy atom. The van der Waals surface area contributed by atoms with E-state index >= 15 is 0 Å². The van der Waals surface area contributed by atoms with Crippen LogP contribution in [0.4, 0.5) is 5.69 Å². The molecule has 1 atom stereocenters. The van der Waals surface area contributed by atoms with Crippen LogP contribution in [-0.2, 0) is 4.79 Å². The van der Waals surface area contributed by atoms with Gasteiger partial charge in [-0.05, 0) is 31.9 Å². The average Bonchev–Trinajstić information content (AvgIpc) is 3.12. The number of anilines is 1. The number of benzene rings is 1. The first-order valence-electron chi connectivity index (χ1n) is 9.37. The van der Waals surface area contributed by atoms with Crippen LogP contribution in [0.3, 0.4) is 0 Å².